The van der Waals surface area contributed by atoms with E-state index in [0.29, 0.717) is 24.3 Å². The van der Waals surface area contributed by atoms with Crippen LogP contribution in [0.2, 0.25) is 0 Å². The Kier molecular flexibility index (Phi) is 3.44. The van der Waals surface area contributed by atoms with Gasteiger partial charge in [-0.1, -0.05) is 30.3 Å². The summed E-state index contributed by atoms with van der Waals surface area (Å²) < 4.78 is 11.4. The number of likely N-dealkylation sites (N-methyl/N-ethyl adjacent to an activating group) is 1. The normalized spacial score (nSPS) is 37.5. The molecule has 3 fully saturated rings. The third kappa shape index (κ3) is 2.24. The smallest absolute Gasteiger partial charge is 0.316 e. The van der Waals surface area contributed by atoms with Crippen molar-refractivity contribution in [3.8, 4) is 0 Å². The summed E-state index contributed by atoms with van der Waals surface area (Å²) in [6.45, 7) is -0.226. The predicted molar refractivity (Wildman–Crippen MR) is 79.4 cm³/mol. The molecule has 0 spiro atoms. The fraction of sp³-hybridized carbons (Fsp3) is 0.588. The molecule has 4 rings (SSSR count). The molecule has 1 N–H and O–H groups in total. The van der Waals surface area contributed by atoms with E-state index in [-0.39, 0.29) is 18.7 Å². The van der Waals surface area contributed by atoms with Gasteiger partial charge in [-0.05, 0) is 12.6 Å². The van der Waals surface area contributed by atoms with E-state index in [4.69, 9.17) is 9.47 Å². The third-order valence-corrected chi connectivity index (χ3v) is 5.33. The molecule has 3 unspecified atom stereocenters. The minimum Gasteiger partial charge on any atom is -0.462 e. The summed E-state index contributed by atoms with van der Waals surface area (Å²) in [6.07, 6.45) is 2.26. The minimum atomic E-state index is -0.593. The van der Waals surface area contributed by atoms with Crippen molar-refractivity contribution in [2.75, 3.05) is 13.7 Å². The number of ether oxygens (including phenoxy) is 2. The summed E-state index contributed by atoms with van der Waals surface area (Å²) in [5.41, 5.74) is 0.803. The monoisotopic (exact) mass is 303 g/mol. The Balaban J connectivity index is 1.42. The van der Waals surface area contributed by atoms with Crippen molar-refractivity contribution >= 4 is 5.97 Å². The maximum absolute atomic E-state index is 12.4. The molecule has 1 aromatic rings. The Bertz CT molecular complexity index is 545. The van der Waals surface area contributed by atoms with Gasteiger partial charge in [0.2, 0.25) is 0 Å². The number of benzene rings is 1. The summed E-state index contributed by atoms with van der Waals surface area (Å²) in [4.78, 5) is 14.8. The van der Waals surface area contributed by atoms with Crippen LogP contribution >= 0.6 is 0 Å². The van der Waals surface area contributed by atoms with Crippen LogP contribution in [0, 0.1) is 0 Å². The lowest BCUT2D eigenvalue weighted by Crippen LogP contribution is -2.48. The van der Waals surface area contributed by atoms with Crippen LogP contribution in [-0.2, 0) is 14.3 Å². The molecule has 22 heavy (non-hydrogen) atoms. The maximum Gasteiger partial charge on any atom is 0.316 e. The van der Waals surface area contributed by atoms with Crippen LogP contribution in [0.3, 0.4) is 0 Å². The molecule has 1 aromatic carbocycles. The maximum atomic E-state index is 12.4. The number of aliphatic hydroxyl groups is 1. The van der Waals surface area contributed by atoms with E-state index in [0.717, 1.165) is 18.4 Å². The summed E-state index contributed by atoms with van der Waals surface area (Å²) in [6, 6.07) is 10.1. The molecule has 0 saturated carbocycles. The van der Waals surface area contributed by atoms with Crippen LogP contribution in [0.1, 0.15) is 24.3 Å². The number of carbonyl (C=O) groups is 1. The summed E-state index contributed by atoms with van der Waals surface area (Å²) in [7, 11) is 2.13. The summed E-state index contributed by atoms with van der Waals surface area (Å²) in [5.74, 6) is -0.915. The lowest BCUT2D eigenvalue weighted by atomic mass is 9.97. The zero-order valence-electron chi connectivity index (χ0n) is 12.6. The topological polar surface area (TPSA) is 62.3 Å². The van der Waals surface area contributed by atoms with Crippen molar-refractivity contribution in [3.63, 3.8) is 0 Å². The first-order chi connectivity index (χ1) is 10.7. The first-order valence-corrected chi connectivity index (χ1v) is 7.92. The molecular formula is C17H21NO4. The van der Waals surface area contributed by atoms with Gasteiger partial charge in [0.1, 0.15) is 24.2 Å². The lowest BCUT2D eigenvalue weighted by Gasteiger charge is -2.38. The number of hydrogen-bond acceptors (Lipinski definition) is 5. The van der Waals surface area contributed by atoms with Crippen LogP contribution in [0.5, 0.6) is 0 Å². The molecule has 3 saturated heterocycles. The van der Waals surface area contributed by atoms with Crippen LogP contribution in [-0.4, -0.2) is 60.0 Å². The number of epoxide rings is 1. The molecule has 5 heteroatoms. The van der Waals surface area contributed by atoms with E-state index < -0.39 is 5.92 Å². The number of aliphatic hydroxyl groups excluding tert-OH is 1. The molecule has 3 aliphatic heterocycles. The molecule has 118 valence electrons. The minimum absolute atomic E-state index is 0.0622. The van der Waals surface area contributed by atoms with E-state index in [9.17, 15) is 9.90 Å². The van der Waals surface area contributed by atoms with E-state index in [1.807, 2.05) is 30.3 Å². The van der Waals surface area contributed by atoms with Crippen molar-refractivity contribution in [1.29, 1.82) is 0 Å². The van der Waals surface area contributed by atoms with Crippen molar-refractivity contribution in [2.24, 2.45) is 0 Å². The number of hydrogen-bond donors (Lipinski definition) is 1. The fourth-order valence-electron chi connectivity index (χ4n) is 4.04. The number of piperidine rings is 1. The van der Waals surface area contributed by atoms with Gasteiger partial charge < -0.3 is 14.6 Å². The number of esters is 1. The average molecular weight is 303 g/mol. The van der Waals surface area contributed by atoms with Crippen molar-refractivity contribution in [3.05, 3.63) is 35.9 Å². The van der Waals surface area contributed by atoms with Gasteiger partial charge in [0, 0.05) is 24.9 Å². The van der Waals surface area contributed by atoms with Crippen LogP contribution in [0.4, 0.5) is 0 Å². The average Bonchev–Trinajstić information content (AvgIpc) is 3.27. The largest absolute Gasteiger partial charge is 0.462 e. The number of carbonyl (C=O) groups excluding carboxylic acids is 1. The van der Waals surface area contributed by atoms with Gasteiger partial charge >= 0.3 is 5.97 Å². The van der Waals surface area contributed by atoms with Gasteiger partial charge in [0.25, 0.3) is 0 Å². The van der Waals surface area contributed by atoms with Gasteiger partial charge in [-0.25, -0.2) is 0 Å². The highest BCUT2D eigenvalue weighted by Crippen LogP contribution is 2.48. The van der Waals surface area contributed by atoms with Gasteiger partial charge in [-0.2, -0.15) is 0 Å². The van der Waals surface area contributed by atoms with E-state index >= 15 is 0 Å². The third-order valence-electron chi connectivity index (χ3n) is 5.33. The van der Waals surface area contributed by atoms with Gasteiger partial charge in [-0.3, -0.25) is 9.69 Å². The Morgan fingerprint density at radius 2 is 1.95 bits per heavy atom. The van der Waals surface area contributed by atoms with Crippen LogP contribution in [0.15, 0.2) is 30.3 Å². The van der Waals surface area contributed by atoms with E-state index in [1.54, 1.807) is 0 Å². The first-order valence-electron chi connectivity index (χ1n) is 7.92. The van der Waals surface area contributed by atoms with Crippen molar-refractivity contribution in [2.45, 2.75) is 49.2 Å². The molecule has 3 aliphatic rings. The summed E-state index contributed by atoms with van der Waals surface area (Å²) in [5, 5.41) is 9.56. The van der Waals surface area contributed by atoms with E-state index in [2.05, 4.69) is 11.9 Å². The zero-order chi connectivity index (χ0) is 15.3. The van der Waals surface area contributed by atoms with Crippen molar-refractivity contribution < 1.29 is 19.4 Å². The van der Waals surface area contributed by atoms with Crippen LogP contribution < -0.4 is 0 Å². The molecule has 0 aromatic heterocycles. The second-order valence-electron chi connectivity index (χ2n) is 6.54. The number of morpholine rings is 1. The molecule has 3 heterocycles. The number of rotatable bonds is 4. The quantitative estimate of drug-likeness (QED) is 0.662. The van der Waals surface area contributed by atoms with Gasteiger partial charge in [0.05, 0.1) is 6.61 Å². The highest BCUT2D eigenvalue weighted by molar-refractivity contribution is 5.78. The van der Waals surface area contributed by atoms with Gasteiger partial charge in [-0.15, -0.1) is 0 Å². The molecule has 0 aliphatic carbocycles. The SMILES string of the molecule is CN1[C@@H]2CC(OC(=O)C(CO)c3ccccc3)C[C@H]1C1O[C@@H]12. The van der Waals surface area contributed by atoms with E-state index in [1.165, 1.54) is 0 Å². The lowest BCUT2D eigenvalue weighted by molar-refractivity contribution is -0.156. The molecule has 2 bridgehead atoms. The summed E-state index contributed by atoms with van der Waals surface area (Å²) >= 11 is 0. The molecule has 6 atom stereocenters. The molecule has 5 nitrogen and oxygen atoms in total. The first kappa shape index (κ1) is 14.2. The molecule has 0 amide bonds. The van der Waals surface area contributed by atoms with Crippen LogP contribution in [0.25, 0.3) is 0 Å². The Morgan fingerprint density at radius 1 is 1.32 bits per heavy atom. The van der Waals surface area contributed by atoms with Crippen molar-refractivity contribution in [1.82, 2.24) is 4.90 Å². The molecular weight excluding hydrogens is 282 g/mol. The van der Waals surface area contributed by atoms with Gasteiger partial charge in [0.15, 0.2) is 0 Å². The highest BCUT2D eigenvalue weighted by Gasteiger charge is 2.62. The second-order valence-corrected chi connectivity index (χ2v) is 6.54. The Morgan fingerprint density at radius 3 is 2.55 bits per heavy atom. The zero-order valence-corrected chi connectivity index (χ0v) is 12.6. The standard InChI is InChI=1S/C17H21NO4/c1-18-13-7-11(8-14(18)16-15(13)22-16)21-17(20)12(9-19)10-5-3-2-4-6-10/h2-6,11-16,19H,7-9H2,1H3/t11?,12?,13-,14+,15-,16?/m1/s1. The predicted octanol–water partition coefficient (Wildman–Crippen LogP) is 0.918. The Hall–Kier alpha value is -1.43. The molecule has 0 radical (unpaired) electrons. The Labute approximate surface area is 129 Å². The fourth-order valence-corrected chi connectivity index (χ4v) is 4.04. The highest BCUT2D eigenvalue weighted by atomic mass is 16.6. The number of nitrogens with zero attached hydrogens (tertiary/aromatic N) is 1. The second kappa shape index (κ2) is 5.33. The number of fused-ring (bicyclic) bond motifs is 5.